The number of likely N-dealkylation sites (tertiary alicyclic amines) is 2. The molecule has 1 aromatic carbocycles. The van der Waals surface area contributed by atoms with E-state index in [4.69, 9.17) is 0 Å². The molecule has 0 aliphatic carbocycles. The van der Waals surface area contributed by atoms with Crippen molar-refractivity contribution in [3.05, 3.63) is 53.6 Å². The number of aromatic nitrogens is 2. The van der Waals surface area contributed by atoms with Crippen LogP contribution in [-0.2, 0) is 20.0 Å². The third kappa shape index (κ3) is 3.86. The fourth-order valence-corrected chi connectivity index (χ4v) is 4.85. The van der Waals surface area contributed by atoms with Crippen molar-refractivity contribution in [2.24, 2.45) is 12.5 Å². The Morgan fingerprint density at radius 1 is 1.04 bits per heavy atom. The molecule has 2 fully saturated rings. The van der Waals surface area contributed by atoms with E-state index in [1.54, 1.807) is 0 Å². The average molecular weight is 353 g/mol. The molecular formula is C22H32N4. The number of imidazole rings is 1. The normalized spacial score (nSPS) is 24.5. The quantitative estimate of drug-likeness (QED) is 0.825. The molecule has 0 bridgehead atoms. The molecule has 1 aromatic heterocycles. The van der Waals surface area contributed by atoms with Crippen LogP contribution in [0.5, 0.6) is 0 Å². The van der Waals surface area contributed by atoms with Gasteiger partial charge in [-0.15, -0.1) is 0 Å². The van der Waals surface area contributed by atoms with Gasteiger partial charge >= 0.3 is 0 Å². The molecule has 26 heavy (non-hydrogen) atoms. The van der Waals surface area contributed by atoms with Crippen molar-refractivity contribution in [2.75, 3.05) is 32.7 Å². The van der Waals surface area contributed by atoms with Gasteiger partial charge < -0.3 is 9.47 Å². The third-order valence-electron chi connectivity index (χ3n) is 6.52. The van der Waals surface area contributed by atoms with Crippen LogP contribution in [0.15, 0.2) is 36.5 Å². The van der Waals surface area contributed by atoms with E-state index >= 15 is 0 Å². The standard InChI is InChI=1S/C22H32N4/c1-19-23-15-21(24(19)2)16-26-14-11-22(18-26)10-6-12-25(17-22)13-9-20-7-4-3-5-8-20/h3-5,7-8,15H,6,9-14,16-18H2,1-2H3. The maximum absolute atomic E-state index is 4.46. The summed E-state index contributed by atoms with van der Waals surface area (Å²) in [4.78, 5) is 9.82. The molecule has 0 saturated carbocycles. The Bertz CT molecular complexity index is 723. The summed E-state index contributed by atoms with van der Waals surface area (Å²) in [6, 6.07) is 10.9. The van der Waals surface area contributed by atoms with E-state index in [2.05, 4.69) is 63.7 Å². The number of piperidine rings is 1. The van der Waals surface area contributed by atoms with E-state index in [-0.39, 0.29) is 0 Å². The van der Waals surface area contributed by atoms with Crippen molar-refractivity contribution in [1.82, 2.24) is 19.4 Å². The van der Waals surface area contributed by atoms with Crippen molar-refractivity contribution < 1.29 is 0 Å². The number of hydrogen-bond acceptors (Lipinski definition) is 3. The van der Waals surface area contributed by atoms with Gasteiger partial charge in [0, 0.05) is 39.4 Å². The van der Waals surface area contributed by atoms with Gasteiger partial charge in [0.15, 0.2) is 0 Å². The molecular weight excluding hydrogens is 320 g/mol. The molecule has 1 unspecified atom stereocenters. The molecule has 1 spiro atoms. The summed E-state index contributed by atoms with van der Waals surface area (Å²) in [7, 11) is 2.13. The summed E-state index contributed by atoms with van der Waals surface area (Å²) in [5.74, 6) is 1.11. The molecule has 4 rings (SSSR count). The van der Waals surface area contributed by atoms with Crippen molar-refractivity contribution in [3.63, 3.8) is 0 Å². The molecule has 2 aromatic rings. The summed E-state index contributed by atoms with van der Waals surface area (Å²) in [5, 5.41) is 0. The zero-order valence-electron chi connectivity index (χ0n) is 16.3. The number of benzene rings is 1. The lowest BCUT2D eigenvalue weighted by molar-refractivity contribution is 0.0925. The molecule has 140 valence electrons. The van der Waals surface area contributed by atoms with E-state index in [0.717, 1.165) is 12.4 Å². The van der Waals surface area contributed by atoms with Crippen LogP contribution in [0.4, 0.5) is 0 Å². The molecule has 0 radical (unpaired) electrons. The SMILES string of the molecule is Cc1ncc(CN2CCC3(CCCN(CCc4ccccc4)C3)C2)n1C. The first-order chi connectivity index (χ1) is 12.6. The minimum atomic E-state index is 0.516. The molecule has 1 atom stereocenters. The Morgan fingerprint density at radius 2 is 1.85 bits per heavy atom. The van der Waals surface area contributed by atoms with Crippen LogP contribution in [0.2, 0.25) is 0 Å². The second-order valence-corrected chi connectivity index (χ2v) is 8.43. The summed E-state index contributed by atoms with van der Waals surface area (Å²) in [6.07, 6.45) is 7.33. The Labute approximate surface area is 157 Å². The van der Waals surface area contributed by atoms with Gasteiger partial charge in [0.1, 0.15) is 5.82 Å². The monoisotopic (exact) mass is 352 g/mol. The molecule has 2 aliphatic rings. The van der Waals surface area contributed by atoms with Crippen LogP contribution in [0, 0.1) is 12.3 Å². The minimum absolute atomic E-state index is 0.516. The van der Waals surface area contributed by atoms with E-state index in [1.165, 1.54) is 69.7 Å². The molecule has 2 aliphatic heterocycles. The highest BCUT2D eigenvalue weighted by atomic mass is 15.2. The number of rotatable bonds is 5. The highest BCUT2D eigenvalue weighted by Gasteiger charge is 2.41. The summed E-state index contributed by atoms with van der Waals surface area (Å²) in [6.45, 7) is 9.36. The van der Waals surface area contributed by atoms with Crippen LogP contribution >= 0.6 is 0 Å². The fourth-order valence-electron chi connectivity index (χ4n) is 4.85. The third-order valence-corrected chi connectivity index (χ3v) is 6.52. The molecule has 2 saturated heterocycles. The van der Waals surface area contributed by atoms with Crippen molar-refractivity contribution in [3.8, 4) is 0 Å². The maximum atomic E-state index is 4.46. The van der Waals surface area contributed by atoms with Gasteiger partial charge in [-0.3, -0.25) is 4.90 Å². The first-order valence-corrected chi connectivity index (χ1v) is 10.1. The highest BCUT2D eigenvalue weighted by molar-refractivity contribution is 5.15. The number of aryl methyl sites for hydroxylation is 1. The van der Waals surface area contributed by atoms with E-state index < -0.39 is 0 Å². The van der Waals surface area contributed by atoms with Gasteiger partial charge in [-0.1, -0.05) is 30.3 Å². The second-order valence-electron chi connectivity index (χ2n) is 8.43. The Balaban J connectivity index is 1.33. The van der Waals surface area contributed by atoms with E-state index in [1.807, 2.05) is 6.20 Å². The maximum Gasteiger partial charge on any atom is 0.105 e. The van der Waals surface area contributed by atoms with Gasteiger partial charge in [0.05, 0.1) is 5.69 Å². The molecule has 0 amide bonds. The van der Waals surface area contributed by atoms with Crippen LogP contribution in [0.3, 0.4) is 0 Å². The Morgan fingerprint density at radius 3 is 2.62 bits per heavy atom. The predicted molar refractivity (Wildman–Crippen MR) is 106 cm³/mol. The van der Waals surface area contributed by atoms with Gasteiger partial charge in [-0.2, -0.15) is 0 Å². The van der Waals surface area contributed by atoms with Crippen molar-refractivity contribution >= 4 is 0 Å². The van der Waals surface area contributed by atoms with Gasteiger partial charge in [0.25, 0.3) is 0 Å². The first-order valence-electron chi connectivity index (χ1n) is 10.1. The lowest BCUT2D eigenvalue weighted by atomic mass is 9.79. The van der Waals surface area contributed by atoms with Crippen molar-refractivity contribution in [1.29, 1.82) is 0 Å². The second kappa shape index (κ2) is 7.53. The van der Waals surface area contributed by atoms with E-state index in [9.17, 15) is 0 Å². The van der Waals surface area contributed by atoms with Crippen LogP contribution < -0.4 is 0 Å². The largest absolute Gasteiger partial charge is 0.334 e. The Kier molecular flexibility index (Phi) is 5.14. The lowest BCUT2D eigenvalue weighted by Crippen LogP contribution is -2.45. The van der Waals surface area contributed by atoms with Gasteiger partial charge in [0.2, 0.25) is 0 Å². The summed E-state index contributed by atoms with van der Waals surface area (Å²) in [5.41, 5.74) is 3.32. The predicted octanol–water partition coefficient (Wildman–Crippen LogP) is 3.26. The first kappa shape index (κ1) is 17.7. The molecule has 4 heteroatoms. The van der Waals surface area contributed by atoms with Crippen molar-refractivity contribution in [2.45, 2.75) is 39.2 Å². The molecule has 3 heterocycles. The molecule has 4 nitrogen and oxygen atoms in total. The fraction of sp³-hybridized carbons (Fsp3) is 0.591. The molecule has 0 N–H and O–H groups in total. The number of nitrogens with zero attached hydrogens (tertiary/aromatic N) is 4. The Hall–Kier alpha value is -1.65. The minimum Gasteiger partial charge on any atom is -0.334 e. The van der Waals surface area contributed by atoms with E-state index in [0.29, 0.717) is 5.41 Å². The van der Waals surface area contributed by atoms with Gasteiger partial charge in [-0.25, -0.2) is 4.98 Å². The lowest BCUT2D eigenvalue weighted by Gasteiger charge is -2.40. The van der Waals surface area contributed by atoms with Crippen LogP contribution in [0.25, 0.3) is 0 Å². The van der Waals surface area contributed by atoms with Crippen LogP contribution in [0.1, 0.15) is 36.3 Å². The zero-order valence-corrected chi connectivity index (χ0v) is 16.3. The average Bonchev–Trinajstić information content (AvgIpc) is 3.19. The van der Waals surface area contributed by atoms with Crippen LogP contribution in [-0.4, -0.2) is 52.1 Å². The smallest absolute Gasteiger partial charge is 0.105 e. The zero-order chi connectivity index (χ0) is 18.0. The summed E-state index contributed by atoms with van der Waals surface area (Å²) < 4.78 is 2.23. The number of hydrogen-bond donors (Lipinski definition) is 0. The highest BCUT2D eigenvalue weighted by Crippen LogP contribution is 2.39. The van der Waals surface area contributed by atoms with Gasteiger partial charge in [-0.05, 0) is 56.7 Å². The summed E-state index contributed by atoms with van der Waals surface area (Å²) >= 11 is 0. The topological polar surface area (TPSA) is 24.3 Å².